The van der Waals surface area contributed by atoms with E-state index in [1.165, 1.54) is 0 Å². The maximum atomic E-state index is 12.7. The molecule has 1 unspecified atom stereocenters. The molecule has 1 aliphatic heterocycles. The Balaban J connectivity index is 2.02. The molecule has 0 spiro atoms. The Morgan fingerprint density at radius 2 is 1.67 bits per heavy atom. The lowest BCUT2D eigenvalue weighted by Gasteiger charge is -2.34. The summed E-state index contributed by atoms with van der Waals surface area (Å²) in [5, 5.41) is 10.5. The first-order valence-corrected chi connectivity index (χ1v) is 7.14. The van der Waals surface area contributed by atoms with Crippen molar-refractivity contribution >= 4 is 5.91 Å². The van der Waals surface area contributed by atoms with Crippen molar-refractivity contribution in [3.8, 4) is 0 Å². The second-order valence-electron chi connectivity index (χ2n) is 6.06. The molecule has 0 radical (unpaired) electrons. The monoisotopic (exact) mass is 281 g/mol. The predicted molar refractivity (Wildman–Crippen MR) is 81.8 cm³/mol. The topological polar surface area (TPSA) is 40.5 Å². The van der Waals surface area contributed by atoms with Crippen LogP contribution in [0.15, 0.2) is 54.6 Å². The van der Waals surface area contributed by atoms with Gasteiger partial charge in [0.25, 0.3) is 5.91 Å². The van der Waals surface area contributed by atoms with Crippen LogP contribution in [0, 0.1) is 0 Å². The van der Waals surface area contributed by atoms with Crippen LogP contribution in [-0.4, -0.2) is 21.5 Å². The number of hydrogen-bond donors (Lipinski definition) is 1. The average Bonchev–Trinajstić information content (AvgIpc) is 2.73. The highest BCUT2D eigenvalue weighted by atomic mass is 16.3. The molecule has 1 aliphatic rings. The maximum Gasteiger partial charge on any atom is 0.255 e. The van der Waals surface area contributed by atoms with Crippen molar-refractivity contribution in [2.24, 2.45) is 0 Å². The highest BCUT2D eigenvalue weighted by Gasteiger charge is 2.43. The fourth-order valence-electron chi connectivity index (χ4n) is 3.08. The summed E-state index contributed by atoms with van der Waals surface area (Å²) in [5.41, 5.74) is 1.68. The molecule has 1 atom stereocenters. The Bertz CT molecular complexity index is 658. The molecule has 0 aliphatic carbocycles. The van der Waals surface area contributed by atoms with Crippen LogP contribution in [0.1, 0.15) is 41.4 Å². The van der Waals surface area contributed by atoms with E-state index >= 15 is 0 Å². The SMILES string of the molecule is CC(C)(O)C1c2ccccc2C(=O)N1Cc1ccccc1. The highest BCUT2D eigenvalue weighted by molar-refractivity contribution is 5.99. The number of carbonyl (C=O) groups excluding carboxylic acids is 1. The third-order valence-corrected chi connectivity index (χ3v) is 3.92. The van der Waals surface area contributed by atoms with Crippen molar-refractivity contribution in [2.75, 3.05) is 0 Å². The van der Waals surface area contributed by atoms with Crippen LogP contribution < -0.4 is 0 Å². The Morgan fingerprint density at radius 3 is 2.33 bits per heavy atom. The van der Waals surface area contributed by atoms with Gasteiger partial charge in [-0.05, 0) is 31.0 Å². The summed E-state index contributed by atoms with van der Waals surface area (Å²) >= 11 is 0. The van der Waals surface area contributed by atoms with E-state index in [1.807, 2.05) is 54.6 Å². The van der Waals surface area contributed by atoms with Crippen LogP contribution >= 0.6 is 0 Å². The third kappa shape index (κ3) is 2.45. The van der Waals surface area contributed by atoms with Gasteiger partial charge in [-0.2, -0.15) is 0 Å². The molecule has 0 aromatic heterocycles. The van der Waals surface area contributed by atoms with E-state index in [0.717, 1.165) is 11.1 Å². The van der Waals surface area contributed by atoms with Gasteiger partial charge in [0.15, 0.2) is 0 Å². The zero-order valence-corrected chi connectivity index (χ0v) is 12.3. The number of benzene rings is 2. The molecule has 0 fully saturated rings. The minimum atomic E-state index is -0.989. The minimum absolute atomic E-state index is 0.0124. The van der Waals surface area contributed by atoms with Crippen LogP contribution in [0.25, 0.3) is 0 Å². The Hall–Kier alpha value is -2.13. The van der Waals surface area contributed by atoms with Crippen LogP contribution in [0.3, 0.4) is 0 Å². The van der Waals surface area contributed by atoms with E-state index < -0.39 is 5.60 Å². The lowest BCUT2D eigenvalue weighted by molar-refractivity contribution is -0.0111. The van der Waals surface area contributed by atoms with E-state index in [4.69, 9.17) is 0 Å². The molecule has 1 N–H and O–H groups in total. The molecule has 0 saturated carbocycles. The van der Waals surface area contributed by atoms with Gasteiger partial charge in [-0.25, -0.2) is 0 Å². The number of carbonyl (C=O) groups is 1. The van der Waals surface area contributed by atoms with Gasteiger partial charge in [-0.15, -0.1) is 0 Å². The smallest absolute Gasteiger partial charge is 0.255 e. The van der Waals surface area contributed by atoms with E-state index in [9.17, 15) is 9.90 Å². The zero-order valence-electron chi connectivity index (χ0n) is 12.3. The first-order valence-electron chi connectivity index (χ1n) is 7.14. The molecule has 0 saturated heterocycles. The summed E-state index contributed by atoms with van der Waals surface area (Å²) in [6.07, 6.45) is 0. The van der Waals surface area contributed by atoms with Gasteiger partial charge in [0, 0.05) is 12.1 Å². The molecular weight excluding hydrogens is 262 g/mol. The Kier molecular flexibility index (Phi) is 3.30. The fourth-order valence-corrected chi connectivity index (χ4v) is 3.08. The zero-order chi connectivity index (χ0) is 15.0. The van der Waals surface area contributed by atoms with E-state index in [0.29, 0.717) is 12.1 Å². The van der Waals surface area contributed by atoms with E-state index in [2.05, 4.69) is 0 Å². The number of rotatable bonds is 3. The highest BCUT2D eigenvalue weighted by Crippen LogP contribution is 2.41. The van der Waals surface area contributed by atoms with E-state index in [-0.39, 0.29) is 11.9 Å². The molecule has 3 heteroatoms. The average molecular weight is 281 g/mol. The lowest BCUT2D eigenvalue weighted by Crippen LogP contribution is -2.40. The normalized spacial score (nSPS) is 18.0. The standard InChI is InChI=1S/C18H19NO2/c1-18(2,21)16-14-10-6-7-11-15(14)17(20)19(16)12-13-8-4-3-5-9-13/h3-11,16,21H,12H2,1-2H3. The largest absolute Gasteiger partial charge is 0.388 e. The molecule has 108 valence electrons. The van der Waals surface area contributed by atoms with Crippen molar-refractivity contribution < 1.29 is 9.90 Å². The van der Waals surface area contributed by atoms with Crippen molar-refractivity contribution in [1.29, 1.82) is 0 Å². The summed E-state index contributed by atoms with van der Waals surface area (Å²) in [4.78, 5) is 14.4. The summed E-state index contributed by atoms with van der Waals surface area (Å²) < 4.78 is 0. The van der Waals surface area contributed by atoms with Gasteiger partial charge in [0.05, 0.1) is 11.6 Å². The number of amides is 1. The first-order chi connectivity index (χ1) is 9.98. The molecule has 21 heavy (non-hydrogen) atoms. The van der Waals surface area contributed by atoms with Crippen LogP contribution in [0.5, 0.6) is 0 Å². The van der Waals surface area contributed by atoms with Gasteiger partial charge in [0.1, 0.15) is 0 Å². The molecule has 3 rings (SSSR count). The molecule has 3 nitrogen and oxygen atoms in total. The molecule has 1 amide bonds. The van der Waals surface area contributed by atoms with Gasteiger partial charge in [-0.3, -0.25) is 4.79 Å². The quantitative estimate of drug-likeness (QED) is 0.939. The van der Waals surface area contributed by atoms with E-state index in [1.54, 1.807) is 18.7 Å². The number of nitrogens with zero attached hydrogens (tertiary/aromatic N) is 1. The summed E-state index contributed by atoms with van der Waals surface area (Å²) in [7, 11) is 0. The van der Waals surface area contributed by atoms with Crippen molar-refractivity contribution in [2.45, 2.75) is 32.0 Å². The predicted octanol–water partition coefficient (Wildman–Crippen LogP) is 3.15. The third-order valence-electron chi connectivity index (χ3n) is 3.92. The number of hydrogen-bond acceptors (Lipinski definition) is 2. The fraction of sp³-hybridized carbons (Fsp3) is 0.278. The minimum Gasteiger partial charge on any atom is -0.388 e. The summed E-state index contributed by atoms with van der Waals surface area (Å²) in [6.45, 7) is 4.01. The first kappa shape index (κ1) is 13.8. The van der Waals surface area contributed by atoms with Gasteiger partial charge >= 0.3 is 0 Å². The van der Waals surface area contributed by atoms with Crippen molar-refractivity contribution in [3.05, 3.63) is 71.3 Å². The maximum absolute atomic E-state index is 12.7. The molecule has 0 bridgehead atoms. The molecule has 1 heterocycles. The van der Waals surface area contributed by atoms with Crippen LogP contribution in [0.4, 0.5) is 0 Å². The lowest BCUT2D eigenvalue weighted by atomic mass is 9.91. The molecular formula is C18H19NO2. The number of fused-ring (bicyclic) bond motifs is 1. The van der Waals surface area contributed by atoms with Crippen molar-refractivity contribution in [3.63, 3.8) is 0 Å². The summed E-state index contributed by atoms with van der Waals surface area (Å²) in [6, 6.07) is 17.1. The molecule has 2 aromatic rings. The van der Waals surface area contributed by atoms with Crippen molar-refractivity contribution in [1.82, 2.24) is 4.90 Å². The summed E-state index contributed by atoms with van der Waals surface area (Å²) in [5.74, 6) is -0.0124. The van der Waals surface area contributed by atoms with Crippen LogP contribution in [0.2, 0.25) is 0 Å². The second-order valence-corrected chi connectivity index (χ2v) is 6.06. The van der Waals surface area contributed by atoms with Crippen LogP contribution in [-0.2, 0) is 6.54 Å². The van der Waals surface area contributed by atoms with Gasteiger partial charge < -0.3 is 10.0 Å². The number of aliphatic hydroxyl groups is 1. The Labute approximate surface area is 124 Å². The second kappa shape index (κ2) is 5.01. The molecule has 2 aromatic carbocycles. The van der Waals surface area contributed by atoms with Gasteiger partial charge in [-0.1, -0.05) is 48.5 Å². The van der Waals surface area contributed by atoms with Gasteiger partial charge in [0.2, 0.25) is 0 Å². The Morgan fingerprint density at radius 1 is 1.05 bits per heavy atom.